The zero-order chi connectivity index (χ0) is 15.9. The molecule has 0 saturated carbocycles. The highest BCUT2D eigenvalue weighted by atomic mass is 16.3. The zero-order valence-corrected chi connectivity index (χ0v) is 13.7. The van der Waals surface area contributed by atoms with Crippen LogP contribution >= 0.6 is 0 Å². The summed E-state index contributed by atoms with van der Waals surface area (Å²) in [7, 11) is 0. The molecule has 4 nitrogen and oxygen atoms in total. The minimum atomic E-state index is -0.440. The lowest BCUT2D eigenvalue weighted by Gasteiger charge is -2.22. The van der Waals surface area contributed by atoms with E-state index < -0.39 is 6.10 Å². The van der Waals surface area contributed by atoms with Crippen LogP contribution in [0.2, 0.25) is 0 Å². The van der Waals surface area contributed by atoms with Crippen LogP contribution in [0.3, 0.4) is 0 Å². The Kier molecular flexibility index (Phi) is 6.40. The number of carbonyl (C=O) groups excluding carboxylic acids is 1. The van der Waals surface area contributed by atoms with Gasteiger partial charge in [-0.15, -0.1) is 0 Å². The highest BCUT2D eigenvalue weighted by Crippen LogP contribution is 2.13. The Morgan fingerprint density at radius 3 is 2.64 bits per heavy atom. The summed E-state index contributed by atoms with van der Waals surface area (Å²) in [6, 6.07) is 10.4. The lowest BCUT2D eigenvalue weighted by molar-refractivity contribution is -0.125. The second-order valence-corrected chi connectivity index (χ2v) is 6.49. The summed E-state index contributed by atoms with van der Waals surface area (Å²) in [5.41, 5.74) is 1.34. The third kappa shape index (κ3) is 5.11. The van der Waals surface area contributed by atoms with Crippen molar-refractivity contribution in [2.24, 2.45) is 5.92 Å². The molecule has 1 aromatic rings. The third-order valence-corrected chi connectivity index (χ3v) is 4.37. The minimum Gasteiger partial charge on any atom is -0.391 e. The quantitative estimate of drug-likeness (QED) is 0.872. The van der Waals surface area contributed by atoms with E-state index in [4.69, 9.17) is 0 Å². The molecule has 0 bridgehead atoms. The monoisotopic (exact) mass is 304 g/mol. The molecule has 1 saturated heterocycles. The first-order chi connectivity index (χ1) is 10.6. The van der Waals surface area contributed by atoms with Gasteiger partial charge in [0.1, 0.15) is 0 Å². The maximum absolute atomic E-state index is 11.8. The molecule has 0 spiro atoms. The smallest absolute Gasteiger partial charge is 0.222 e. The molecule has 0 aromatic heterocycles. The molecule has 2 atom stereocenters. The van der Waals surface area contributed by atoms with Crippen molar-refractivity contribution in [1.82, 2.24) is 10.2 Å². The van der Waals surface area contributed by atoms with Crippen molar-refractivity contribution in [3.8, 4) is 0 Å². The number of rotatable bonds is 5. The molecule has 0 unspecified atom stereocenters. The minimum absolute atomic E-state index is 0.0294. The molecule has 0 aliphatic carbocycles. The molecular weight excluding hydrogens is 276 g/mol. The first kappa shape index (κ1) is 17.0. The number of amides is 1. The fraction of sp³-hybridized carbons (Fsp3) is 0.611. The van der Waals surface area contributed by atoms with Crippen LogP contribution in [0.4, 0.5) is 0 Å². The molecule has 1 aromatic carbocycles. The number of hydrogen-bond acceptors (Lipinski definition) is 3. The summed E-state index contributed by atoms with van der Waals surface area (Å²) < 4.78 is 0. The second-order valence-electron chi connectivity index (χ2n) is 6.49. The van der Waals surface area contributed by atoms with Crippen molar-refractivity contribution in [3.05, 3.63) is 35.9 Å². The lowest BCUT2D eigenvalue weighted by atomic mass is 10.1. The van der Waals surface area contributed by atoms with Gasteiger partial charge in [0.25, 0.3) is 0 Å². The average Bonchev–Trinajstić information content (AvgIpc) is 2.69. The first-order valence-electron chi connectivity index (χ1n) is 8.31. The predicted octanol–water partition coefficient (Wildman–Crippen LogP) is 1.83. The summed E-state index contributed by atoms with van der Waals surface area (Å²) in [6.45, 7) is 6.58. The van der Waals surface area contributed by atoms with Gasteiger partial charge < -0.3 is 15.3 Å². The van der Waals surface area contributed by atoms with Crippen molar-refractivity contribution in [1.29, 1.82) is 0 Å². The predicted molar refractivity (Wildman–Crippen MR) is 88.6 cm³/mol. The Morgan fingerprint density at radius 1 is 1.27 bits per heavy atom. The molecule has 1 amide bonds. The standard InChI is InChI=1S/C18H28N2O2/c1-14(2)18(22)19-16-9-12-20(13-10-17(16)21)11-8-15-6-4-3-5-7-15/h3-7,14,16-17,21H,8-13H2,1-2H3,(H,19,22)/t16-,17-/m0/s1. The molecule has 2 rings (SSSR count). The number of likely N-dealkylation sites (tertiary alicyclic amines) is 1. The van der Waals surface area contributed by atoms with Crippen molar-refractivity contribution in [2.45, 2.75) is 45.3 Å². The Hall–Kier alpha value is -1.39. The molecule has 1 aliphatic rings. The van der Waals surface area contributed by atoms with Gasteiger partial charge in [0.05, 0.1) is 12.1 Å². The van der Waals surface area contributed by atoms with Gasteiger partial charge in [-0.25, -0.2) is 0 Å². The van der Waals surface area contributed by atoms with Crippen LogP contribution in [0.5, 0.6) is 0 Å². The van der Waals surface area contributed by atoms with Gasteiger partial charge in [0.15, 0.2) is 0 Å². The van der Waals surface area contributed by atoms with Crippen LogP contribution < -0.4 is 5.32 Å². The molecule has 1 aliphatic heterocycles. The average molecular weight is 304 g/mol. The molecular formula is C18H28N2O2. The van der Waals surface area contributed by atoms with E-state index in [0.29, 0.717) is 0 Å². The maximum Gasteiger partial charge on any atom is 0.222 e. The van der Waals surface area contributed by atoms with Gasteiger partial charge >= 0.3 is 0 Å². The molecule has 0 radical (unpaired) electrons. The number of carbonyl (C=O) groups is 1. The SMILES string of the molecule is CC(C)C(=O)N[C@H]1CCN(CCc2ccccc2)CC[C@@H]1O. The van der Waals surface area contributed by atoms with Gasteiger partial charge in [-0.3, -0.25) is 4.79 Å². The van der Waals surface area contributed by atoms with Gasteiger partial charge in [0.2, 0.25) is 5.91 Å². The van der Waals surface area contributed by atoms with E-state index in [1.807, 2.05) is 19.9 Å². The highest BCUT2D eigenvalue weighted by molar-refractivity contribution is 5.78. The topological polar surface area (TPSA) is 52.6 Å². The van der Waals surface area contributed by atoms with E-state index >= 15 is 0 Å². The van der Waals surface area contributed by atoms with Gasteiger partial charge in [-0.05, 0) is 24.8 Å². The van der Waals surface area contributed by atoms with Crippen LogP contribution in [0.15, 0.2) is 30.3 Å². The van der Waals surface area contributed by atoms with Crippen LogP contribution in [0.25, 0.3) is 0 Å². The summed E-state index contributed by atoms with van der Waals surface area (Å²) in [5.74, 6) is -0.00794. The maximum atomic E-state index is 11.8. The Balaban J connectivity index is 1.82. The van der Waals surface area contributed by atoms with Gasteiger partial charge in [-0.2, -0.15) is 0 Å². The fourth-order valence-electron chi connectivity index (χ4n) is 2.82. The number of hydrogen-bond donors (Lipinski definition) is 2. The fourth-order valence-corrected chi connectivity index (χ4v) is 2.82. The van der Waals surface area contributed by atoms with Crippen LogP contribution in [0, 0.1) is 5.92 Å². The van der Waals surface area contributed by atoms with Crippen LogP contribution in [-0.4, -0.2) is 47.7 Å². The molecule has 1 fully saturated rings. The van der Waals surface area contributed by atoms with Crippen molar-refractivity contribution in [2.75, 3.05) is 19.6 Å². The number of nitrogens with zero attached hydrogens (tertiary/aromatic N) is 1. The molecule has 2 N–H and O–H groups in total. The Morgan fingerprint density at radius 2 is 1.95 bits per heavy atom. The van der Waals surface area contributed by atoms with E-state index in [-0.39, 0.29) is 17.9 Å². The number of aliphatic hydroxyl groups excluding tert-OH is 1. The summed E-state index contributed by atoms with van der Waals surface area (Å²) >= 11 is 0. The van der Waals surface area contributed by atoms with Crippen LogP contribution in [0.1, 0.15) is 32.3 Å². The van der Waals surface area contributed by atoms with Crippen molar-refractivity contribution in [3.63, 3.8) is 0 Å². The Bertz CT molecular complexity index is 461. The summed E-state index contributed by atoms with van der Waals surface area (Å²) in [5, 5.41) is 13.2. The van der Waals surface area contributed by atoms with Gasteiger partial charge in [-0.1, -0.05) is 44.2 Å². The van der Waals surface area contributed by atoms with Crippen LogP contribution in [-0.2, 0) is 11.2 Å². The van der Waals surface area contributed by atoms with E-state index in [1.165, 1.54) is 5.56 Å². The Labute approximate surface area is 133 Å². The van der Waals surface area contributed by atoms with E-state index in [9.17, 15) is 9.90 Å². The van der Waals surface area contributed by atoms with E-state index in [2.05, 4.69) is 34.5 Å². The highest BCUT2D eigenvalue weighted by Gasteiger charge is 2.26. The normalized spacial score (nSPS) is 23.3. The molecule has 122 valence electrons. The largest absolute Gasteiger partial charge is 0.391 e. The summed E-state index contributed by atoms with van der Waals surface area (Å²) in [6.07, 6.45) is 2.12. The zero-order valence-electron chi connectivity index (χ0n) is 13.7. The first-order valence-corrected chi connectivity index (χ1v) is 8.31. The van der Waals surface area contributed by atoms with Crippen molar-refractivity contribution < 1.29 is 9.90 Å². The third-order valence-electron chi connectivity index (χ3n) is 4.37. The summed E-state index contributed by atoms with van der Waals surface area (Å²) in [4.78, 5) is 14.2. The molecule has 4 heteroatoms. The number of aliphatic hydroxyl groups is 1. The van der Waals surface area contributed by atoms with E-state index in [0.717, 1.165) is 38.9 Å². The number of nitrogens with one attached hydrogen (secondary N) is 1. The van der Waals surface area contributed by atoms with E-state index in [1.54, 1.807) is 0 Å². The van der Waals surface area contributed by atoms with Crippen molar-refractivity contribution >= 4 is 5.91 Å². The second kappa shape index (κ2) is 8.30. The molecule has 22 heavy (non-hydrogen) atoms. The lowest BCUT2D eigenvalue weighted by Crippen LogP contribution is -2.44. The molecule has 1 heterocycles. The number of benzene rings is 1. The van der Waals surface area contributed by atoms with Gasteiger partial charge in [0, 0.05) is 25.6 Å².